The molecule has 142 valence electrons. The molecular formula is C18H15F3N2O3S. The van der Waals surface area contributed by atoms with Crippen molar-refractivity contribution in [2.24, 2.45) is 0 Å². The van der Waals surface area contributed by atoms with Crippen LogP contribution in [0, 0.1) is 6.92 Å². The van der Waals surface area contributed by atoms with Gasteiger partial charge in [0.2, 0.25) is 10.0 Å². The third-order valence-electron chi connectivity index (χ3n) is 3.87. The number of sulfonamides is 1. The Bertz CT molecular complexity index is 1080. The summed E-state index contributed by atoms with van der Waals surface area (Å²) in [6.07, 6.45) is -3.31. The number of fused-ring (bicyclic) bond motifs is 1. The van der Waals surface area contributed by atoms with Crippen molar-refractivity contribution >= 4 is 20.9 Å². The quantitative estimate of drug-likeness (QED) is 0.710. The predicted octanol–water partition coefficient (Wildman–Crippen LogP) is 3.92. The highest BCUT2D eigenvalue weighted by atomic mass is 32.2. The summed E-state index contributed by atoms with van der Waals surface area (Å²) in [4.78, 5) is 4.20. The topological polar surface area (TPSA) is 68.3 Å². The van der Waals surface area contributed by atoms with Crippen LogP contribution >= 0.6 is 0 Å². The maximum Gasteiger partial charge on any atom is 0.573 e. The molecule has 0 fully saturated rings. The molecule has 0 bridgehead atoms. The molecule has 0 aliphatic heterocycles. The summed E-state index contributed by atoms with van der Waals surface area (Å²) in [5.41, 5.74) is 1.42. The standard InChI is InChI=1S/C18H15F3N2O3S/c1-12-8-9-16(14-6-4-10-22-17(12)14)27(24,25)23-11-13-5-2-3-7-15(13)26-18(19,20)21/h2-10,23H,11H2,1H3. The zero-order chi connectivity index (χ0) is 19.7. The van der Waals surface area contributed by atoms with Crippen LogP contribution < -0.4 is 9.46 Å². The molecule has 0 unspecified atom stereocenters. The average molecular weight is 396 g/mol. The fraction of sp³-hybridized carbons (Fsp3) is 0.167. The maximum atomic E-state index is 12.7. The Balaban J connectivity index is 1.91. The highest BCUT2D eigenvalue weighted by Crippen LogP contribution is 2.27. The second-order valence-electron chi connectivity index (χ2n) is 5.76. The van der Waals surface area contributed by atoms with E-state index in [9.17, 15) is 21.6 Å². The lowest BCUT2D eigenvalue weighted by molar-refractivity contribution is -0.274. The van der Waals surface area contributed by atoms with E-state index in [1.54, 1.807) is 24.4 Å². The summed E-state index contributed by atoms with van der Waals surface area (Å²) in [6.45, 7) is 1.45. The van der Waals surface area contributed by atoms with Gasteiger partial charge in [-0.3, -0.25) is 4.98 Å². The van der Waals surface area contributed by atoms with Crippen LogP contribution in [-0.2, 0) is 16.6 Å². The zero-order valence-electron chi connectivity index (χ0n) is 14.1. The van der Waals surface area contributed by atoms with Gasteiger partial charge in [-0.25, -0.2) is 13.1 Å². The monoisotopic (exact) mass is 396 g/mol. The van der Waals surface area contributed by atoms with Gasteiger partial charge in [0.05, 0.1) is 10.4 Å². The minimum Gasteiger partial charge on any atom is -0.405 e. The number of aromatic nitrogens is 1. The highest BCUT2D eigenvalue weighted by Gasteiger charge is 2.32. The fourth-order valence-electron chi connectivity index (χ4n) is 2.65. The van der Waals surface area contributed by atoms with Crippen LogP contribution in [0.2, 0.25) is 0 Å². The lowest BCUT2D eigenvalue weighted by atomic mass is 10.1. The van der Waals surface area contributed by atoms with E-state index in [2.05, 4.69) is 14.4 Å². The van der Waals surface area contributed by atoms with Crippen molar-refractivity contribution in [3.63, 3.8) is 0 Å². The van der Waals surface area contributed by atoms with Crippen LogP contribution in [0.3, 0.4) is 0 Å². The van der Waals surface area contributed by atoms with Gasteiger partial charge in [-0.2, -0.15) is 0 Å². The molecule has 0 aliphatic rings. The van der Waals surface area contributed by atoms with Gasteiger partial charge in [-0.15, -0.1) is 13.2 Å². The number of nitrogens with one attached hydrogen (secondary N) is 1. The molecule has 0 saturated carbocycles. The van der Waals surface area contributed by atoms with Crippen molar-refractivity contribution in [3.8, 4) is 5.75 Å². The molecule has 0 spiro atoms. The second kappa shape index (κ2) is 7.16. The summed E-state index contributed by atoms with van der Waals surface area (Å²) in [6, 6.07) is 11.7. The van der Waals surface area contributed by atoms with Crippen LogP contribution in [0.15, 0.2) is 59.6 Å². The minimum atomic E-state index is -4.87. The molecule has 1 N–H and O–H groups in total. The molecule has 1 heterocycles. The van der Waals surface area contributed by atoms with Gasteiger partial charge in [0.15, 0.2) is 0 Å². The summed E-state index contributed by atoms with van der Waals surface area (Å²) >= 11 is 0. The number of halogens is 3. The number of ether oxygens (including phenoxy) is 1. The third-order valence-corrected chi connectivity index (χ3v) is 5.33. The Hall–Kier alpha value is -2.65. The van der Waals surface area contributed by atoms with Crippen molar-refractivity contribution < 1.29 is 26.3 Å². The summed E-state index contributed by atoms with van der Waals surface area (Å²) in [7, 11) is -3.99. The van der Waals surface area contributed by atoms with Gasteiger partial charge in [0, 0.05) is 23.7 Å². The van der Waals surface area contributed by atoms with Crippen molar-refractivity contribution in [2.45, 2.75) is 24.7 Å². The van der Waals surface area contributed by atoms with Crippen LogP contribution in [-0.4, -0.2) is 19.8 Å². The molecular weight excluding hydrogens is 381 g/mol. The molecule has 0 aliphatic carbocycles. The van der Waals surface area contributed by atoms with Gasteiger partial charge in [-0.05, 0) is 36.8 Å². The number of hydrogen-bond acceptors (Lipinski definition) is 4. The van der Waals surface area contributed by atoms with Crippen molar-refractivity contribution in [3.05, 3.63) is 65.9 Å². The number of rotatable bonds is 5. The molecule has 3 rings (SSSR count). The van der Waals surface area contributed by atoms with E-state index in [4.69, 9.17) is 0 Å². The fourth-order valence-corrected chi connectivity index (χ4v) is 3.85. The van der Waals surface area contributed by atoms with E-state index in [1.165, 1.54) is 24.3 Å². The van der Waals surface area contributed by atoms with Crippen LogP contribution in [0.1, 0.15) is 11.1 Å². The van der Waals surface area contributed by atoms with Crippen LogP contribution in [0.4, 0.5) is 13.2 Å². The Morgan fingerprint density at radius 1 is 1.07 bits per heavy atom. The predicted molar refractivity (Wildman–Crippen MR) is 93.6 cm³/mol. The Kier molecular flexibility index (Phi) is 5.07. The van der Waals surface area contributed by atoms with Crippen molar-refractivity contribution in [1.29, 1.82) is 0 Å². The van der Waals surface area contributed by atoms with Crippen LogP contribution in [0.5, 0.6) is 5.75 Å². The van der Waals surface area contributed by atoms with E-state index >= 15 is 0 Å². The van der Waals surface area contributed by atoms with Gasteiger partial charge in [0.25, 0.3) is 0 Å². The van der Waals surface area contributed by atoms with E-state index in [1.807, 2.05) is 6.92 Å². The summed E-state index contributed by atoms with van der Waals surface area (Å²) in [5, 5.41) is 0.435. The second-order valence-corrected chi connectivity index (χ2v) is 7.50. The number of benzene rings is 2. The number of hydrogen-bond donors (Lipinski definition) is 1. The smallest absolute Gasteiger partial charge is 0.405 e. The van der Waals surface area contributed by atoms with E-state index < -0.39 is 22.1 Å². The Labute approximate surface area is 153 Å². The van der Waals surface area contributed by atoms with E-state index in [-0.39, 0.29) is 17.0 Å². The Morgan fingerprint density at radius 3 is 2.56 bits per heavy atom. The number of pyridine rings is 1. The molecule has 0 saturated heterocycles. The Morgan fingerprint density at radius 2 is 1.81 bits per heavy atom. The number of aryl methyl sites for hydroxylation is 1. The molecule has 0 amide bonds. The molecule has 1 aromatic heterocycles. The SMILES string of the molecule is Cc1ccc(S(=O)(=O)NCc2ccccc2OC(F)(F)F)c2cccnc12. The lowest BCUT2D eigenvalue weighted by Gasteiger charge is -2.14. The van der Waals surface area contributed by atoms with Gasteiger partial charge in [0.1, 0.15) is 5.75 Å². The normalized spacial score (nSPS) is 12.3. The summed E-state index contributed by atoms with van der Waals surface area (Å²) in [5.74, 6) is -0.455. The highest BCUT2D eigenvalue weighted by molar-refractivity contribution is 7.89. The van der Waals surface area contributed by atoms with Crippen LogP contribution in [0.25, 0.3) is 10.9 Å². The summed E-state index contributed by atoms with van der Waals surface area (Å²) < 4.78 is 69.2. The largest absolute Gasteiger partial charge is 0.573 e. The van der Waals surface area contributed by atoms with Gasteiger partial charge in [-0.1, -0.05) is 24.3 Å². The first-order chi connectivity index (χ1) is 12.7. The van der Waals surface area contributed by atoms with Crippen molar-refractivity contribution in [2.75, 3.05) is 0 Å². The molecule has 2 aromatic carbocycles. The molecule has 0 radical (unpaired) electrons. The zero-order valence-corrected chi connectivity index (χ0v) is 14.9. The molecule has 9 heteroatoms. The number of alkyl halides is 3. The third kappa shape index (κ3) is 4.37. The molecule has 0 atom stereocenters. The maximum absolute atomic E-state index is 12.7. The number of nitrogens with zero attached hydrogens (tertiary/aromatic N) is 1. The molecule has 3 aromatic rings. The van der Waals surface area contributed by atoms with E-state index in [0.29, 0.717) is 10.9 Å². The van der Waals surface area contributed by atoms with Crippen molar-refractivity contribution in [1.82, 2.24) is 9.71 Å². The first kappa shape index (κ1) is 19.1. The average Bonchev–Trinajstić information content (AvgIpc) is 2.60. The first-order valence-corrected chi connectivity index (χ1v) is 9.33. The molecule has 27 heavy (non-hydrogen) atoms. The molecule has 5 nitrogen and oxygen atoms in total. The minimum absolute atomic E-state index is 0.00502. The van der Waals surface area contributed by atoms with Gasteiger partial charge < -0.3 is 4.74 Å². The lowest BCUT2D eigenvalue weighted by Crippen LogP contribution is -2.25. The van der Waals surface area contributed by atoms with Gasteiger partial charge >= 0.3 is 6.36 Å². The first-order valence-electron chi connectivity index (χ1n) is 7.85. The van der Waals surface area contributed by atoms with E-state index in [0.717, 1.165) is 11.6 Å². The number of para-hydroxylation sites is 1.